The lowest BCUT2D eigenvalue weighted by Crippen LogP contribution is -2.47. The van der Waals surface area contributed by atoms with Crippen LogP contribution in [-0.2, 0) is 0 Å². The summed E-state index contributed by atoms with van der Waals surface area (Å²) in [6.07, 6.45) is 23.1. The fraction of sp³-hybridized carbons (Fsp3) is 0.160. The van der Waals surface area contributed by atoms with Crippen LogP contribution in [0.15, 0.2) is 163 Å². The molecule has 0 radical (unpaired) electrons. The Balaban J connectivity index is 0.896. The minimum atomic E-state index is 0.101. The Kier molecular flexibility index (Phi) is 6.76. The Labute approximate surface area is 323 Å². The lowest BCUT2D eigenvalue weighted by Gasteiger charge is -2.42. The Morgan fingerprint density at radius 1 is 0.630 bits per heavy atom. The maximum Gasteiger partial charge on any atom is 0.0661 e. The molecule has 0 bridgehead atoms. The van der Waals surface area contributed by atoms with E-state index in [-0.39, 0.29) is 5.54 Å². The number of rotatable bonds is 7. The Morgan fingerprint density at radius 2 is 1.37 bits per heavy atom. The average molecular weight is 731 g/mol. The van der Waals surface area contributed by atoms with Gasteiger partial charge in [0.1, 0.15) is 0 Å². The Morgan fingerprint density at radius 3 is 2.22 bits per heavy atom. The molecule has 0 saturated heterocycles. The van der Waals surface area contributed by atoms with Crippen molar-refractivity contribution in [1.82, 2.24) is 4.90 Å². The van der Waals surface area contributed by atoms with Crippen molar-refractivity contribution in [3.63, 3.8) is 0 Å². The van der Waals surface area contributed by atoms with Crippen molar-refractivity contribution in [3.8, 4) is 0 Å². The van der Waals surface area contributed by atoms with Crippen molar-refractivity contribution in [1.29, 1.82) is 0 Å². The van der Waals surface area contributed by atoms with Gasteiger partial charge in [0.15, 0.2) is 0 Å². The molecule has 0 spiro atoms. The van der Waals surface area contributed by atoms with Gasteiger partial charge in [-0.2, -0.15) is 0 Å². The predicted octanol–water partition coefficient (Wildman–Crippen LogP) is 11.9. The highest BCUT2D eigenvalue weighted by Gasteiger charge is 2.60. The molecule has 5 aliphatic carbocycles. The average Bonchev–Trinajstić information content (AvgIpc) is 4.11. The molecule has 4 heteroatoms. The number of allylic oxidation sites excluding steroid dienone is 6. The van der Waals surface area contributed by atoms with Gasteiger partial charge >= 0.3 is 0 Å². The minimum absolute atomic E-state index is 0.101. The zero-order valence-electron chi connectivity index (χ0n) is 29.8. The van der Waals surface area contributed by atoms with Crippen LogP contribution in [0.5, 0.6) is 0 Å². The summed E-state index contributed by atoms with van der Waals surface area (Å²) in [7, 11) is 0. The highest BCUT2D eigenvalue weighted by Crippen LogP contribution is 2.62. The molecule has 5 aromatic carbocycles. The van der Waals surface area contributed by atoms with Crippen LogP contribution in [0.1, 0.15) is 24.8 Å². The zero-order valence-corrected chi connectivity index (χ0v) is 31.4. The first-order chi connectivity index (χ1) is 26.7. The molecule has 7 aromatic rings. The number of hydrogen-bond donors (Lipinski definition) is 0. The molecule has 0 amide bonds. The fourth-order valence-electron chi connectivity index (χ4n) is 9.86. The summed E-state index contributed by atoms with van der Waals surface area (Å²) >= 11 is 3.83. The van der Waals surface area contributed by atoms with E-state index < -0.39 is 0 Å². The second kappa shape index (κ2) is 11.8. The van der Waals surface area contributed by atoms with Gasteiger partial charge in [-0.15, -0.1) is 22.7 Å². The molecule has 5 aliphatic rings. The quantitative estimate of drug-likeness (QED) is 0.161. The van der Waals surface area contributed by atoms with Gasteiger partial charge in [0, 0.05) is 64.0 Å². The first kappa shape index (κ1) is 31.0. The van der Waals surface area contributed by atoms with Gasteiger partial charge < -0.3 is 9.80 Å². The first-order valence-corrected chi connectivity index (χ1v) is 21.0. The van der Waals surface area contributed by atoms with Crippen LogP contribution < -0.4 is 14.7 Å². The summed E-state index contributed by atoms with van der Waals surface area (Å²) in [4.78, 5) is 5.27. The maximum absolute atomic E-state index is 2.87. The van der Waals surface area contributed by atoms with E-state index in [1.807, 2.05) is 22.7 Å². The molecule has 5 unspecified atom stereocenters. The number of benzene rings is 5. The molecule has 2 nitrogen and oxygen atoms in total. The predicted molar refractivity (Wildman–Crippen MR) is 231 cm³/mol. The van der Waals surface area contributed by atoms with Crippen LogP contribution in [-0.4, -0.2) is 16.5 Å². The van der Waals surface area contributed by atoms with Crippen molar-refractivity contribution in [3.05, 3.63) is 179 Å². The number of para-hydroxylation sites is 1. The molecule has 2 fully saturated rings. The summed E-state index contributed by atoms with van der Waals surface area (Å²) in [6, 6.07) is 45.1. The number of thiophene rings is 2. The van der Waals surface area contributed by atoms with Gasteiger partial charge in [0.2, 0.25) is 0 Å². The molecular formula is C50H38N2S2. The van der Waals surface area contributed by atoms with E-state index in [9.17, 15) is 0 Å². The molecule has 0 N–H and O–H groups in total. The third-order valence-corrected chi connectivity index (χ3v) is 14.9. The summed E-state index contributed by atoms with van der Waals surface area (Å²) in [6.45, 7) is 0. The van der Waals surface area contributed by atoms with Gasteiger partial charge in [0.25, 0.3) is 0 Å². The normalized spacial score (nSPS) is 24.5. The van der Waals surface area contributed by atoms with Crippen molar-refractivity contribution < 1.29 is 0 Å². The lowest BCUT2D eigenvalue weighted by atomic mass is 9.91. The second-order valence-corrected chi connectivity index (χ2v) is 17.8. The van der Waals surface area contributed by atoms with E-state index in [0.717, 1.165) is 6.42 Å². The van der Waals surface area contributed by atoms with Crippen LogP contribution in [0.2, 0.25) is 0 Å². The second-order valence-electron chi connectivity index (χ2n) is 15.6. The first-order valence-electron chi connectivity index (χ1n) is 19.4. The van der Waals surface area contributed by atoms with Crippen LogP contribution in [0.3, 0.4) is 0 Å². The fourth-order valence-corrected chi connectivity index (χ4v) is 12.2. The van der Waals surface area contributed by atoms with Gasteiger partial charge in [-0.3, -0.25) is 0 Å². The maximum atomic E-state index is 2.87. The lowest BCUT2D eigenvalue weighted by molar-refractivity contribution is 0.218. The zero-order chi connectivity index (χ0) is 35.4. The molecule has 54 heavy (non-hydrogen) atoms. The van der Waals surface area contributed by atoms with Gasteiger partial charge in [0.05, 0.1) is 11.6 Å². The monoisotopic (exact) mass is 730 g/mol. The number of anilines is 3. The van der Waals surface area contributed by atoms with E-state index in [1.54, 1.807) is 5.70 Å². The summed E-state index contributed by atoms with van der Waals surface area (Å²) < 4.78 is 5.49. The molecule has 2 heterocycles. The van der Waals surface area contributed by atoms with E-state index in [4.69, 9.17) is 0 Å². The molecular weight excluding hydrogens is 693 g/mol. The van der Waals surface area contributed by atoms with Crippen molar-refractivity contribution in [2.24, 2.45) is 17.8 Å². The standard InChI is InChI=1S/C50H38N2S2/c1-2-11-34(12-3-1)51(36-21-23-41-39-13-4-6-15-46(39)53-48(41)28-36)35-19-17-32(18-20-35)38-25-26-45(44-30-43(38)44)52(50-27-9-8-10-33(50)31-50)37-22-24-42-40-14-5-7-16-47(40)54-49(42)29-37/h1-21,23-29,33,37,43-44H,22,30-31H2. The molecule has 12 rings (SSSR count). The number of fused-ring (bicyclic) bond motifs is 8. The van der Waals surface area contributed by atoms with Crippen molar-refractivity contribution >= 4 is 87.7 Å². The van der Waals surface area contributed by atoms with Crippen molar-refractivity contribution in [2.75, 3.05) is 4.90 Å². The highest BCUT2D eigenvalue weighted by molar-refractivity contribution is 7.25. The van der Waals surface area contributed by atoms with E-state index in [1.165, 1.54) is 81.0 Å². The van der Waals surface area contributed by atoms with Gasteiger partial charge in [-0.05, 0) is 108 Å². The van der Waals surface area contributed by atoms with Crippen LogP contribution in [0.25, 0.3) is 48.0 Å². The Bertz CT molecular complexity index is 2910. The Hall–Kier alpha value is -5.42. The van der Waals surface area contributed by atoms with Gasteiger partial charge in [-0.1, -0.05) is 109 Å². The molecule has 2 aromatic heterocycles. The van der Waals surface area contributed by atoms with Gasteiger partial charge in [-0.25, -0.2) is 0 Å². The third kappa shape index (κ3) is 4.76. The van der Waals surface area contributed by atoms with E-state index >= 15 is 0 Å². The summed E-state index contributed by atoms with van der Waals surface area (Å²) in [5.74, 6) is 1.75. The van der Waals surface area contributed by atoms with Crippen molar-refractivity contribution in [2.45, 2.75) is 30.8 Å². The summed E-state index contributed by atoms with van der Waals surface area (Å²) in [5, 5.41) is 5.51. The molecule has 0 aliphatic heterocycles. The van der Waals surface area contributed by atoms with Crippen LogP contribution >= 0.6 is 22.7 Å². The minimum Gasteiger partial charge on any atom is -0.358 e. The van der Waals surface area contributed by atoms with Crippen LogP contribution in [0.4, 0.5) is 17.1 Å². The SMILES string of the molecule is C1=CC2CC2(N(C2=CC=C(c3ccc(N(c4ccccc4)c4ccc5c(c4)sc4ccccc45)cc3)C3CC23)C2C=c3sc4ccccc4c3=CC2)C=C1. The molecule has 2 saturated carbocycles. The number of hydrogen-bond acceptors (Lipinski definition) is 4. The topological polar surface area (TPSA) is 6.48 Å². The van der Waals surface area contributed by atoms with Crippen LogP contribution in [0, 0.1) is 17.8 Å². The smallest absolute Gasteiger partial charge is 0.0661 e. The van der Waals surface area contributed by atoms with E-state index in [2.05, 4.69) is 180 Å². The summed E-state index contributed by atoms with van der Waals surface area (Å²) in [5.41, 5.74) is 8.01. The highest BCUT2D eigenvalue weighted by atomic mass is 32.1. The van der Waals surface area contributed by atoms with E-state index in [0.29, 0.717) is 23.8 Å². The third-order valence-electron chi connectivity index (χ3n) is 12.6. The molecule has 5 atom stereocenters. The number of nitrogens with zero attached hydrogens (tertiary/aromatic N) is 2. The molecule has 260 valence electrons. The largest absolute Gasteiger partial charge is 0.358 e.